The van der Waals surface area contributed by atoms with Crippen LogP contribution in [0.15, 0.2) is 77.9 Å². The van der Waals surface area contributed by atoms with Gasteiger partial charge in [-0.3, -0.25) is 0 Å². The maximum Gasteiger partial charge on any atom is -0.0105 e. The summed E-state index contributed by atoms with van der Waals surface area (Å²) in [6.07, 6.45) is 2.27. The number of hydrogen-bond donors (Lipinski definition) is 0. The quantitative estimate of drug-likeness (QED) is 0.555. The SMILES string of the molecule is C=C(C)C(C=C(c1ccc(C)cc1)c1ccc(C)cc1)=C(C)C. The van der Waals surface area contributed by atoms with Crippen molar-refractivity contribution in [1.82, 2.24) is 0 Å². The molecule has 0 bridgehead atoms. The molecule has 0 heterocycles. The Bertz CT molecular complexity index is 699. The van der Waals surface area contributed by atoms with Crippen LogP contribution in [0.1, 0.15) is 43.0 Å². The van der Waals surface area contributed by atoms with Crippen molar-refractivity contribution < 1.29 is 0 Å². The van der Waals surface area contributed by atoms with E-state index >= 15 is 0 Å². The average molecular weight is 302 g/mol. The summed E-state index contributed by atoms with van der Waals surface area (Å²) in [5.41, 5.74) is 9.87. The van der Waals surface area contributed by atoms with Gasteiger partial charge in [-0.25, -0.2) is 0 Å². The van der Waals surface area contributed by atoms with Crippen molar-refractivity contribution in [3.05, 3.63) is 100 Å². The lowest BCUT2D eigenvalue weighted by atomic mass is 9.92. The van der Waals surface area contributed by atoms with Gasteiger partial charge in [-0.15, -0.1) is 0 Å². The van der Waals surface area contributed by atoms with Gasteiger partial charge < -0.3 is 0 Å². The van der Waals surface area contributed by atoms with Gasteiger partial charge in [-0.1, -0.05) is 77.4 Å². The lowest BCUT2D eigenvalue weighted by Crippen LogP contribution is -1.92. The second-order valence-corrected chi connectivity index (χ2v) is 6.48. The molecule has 0 N–H and O–H groups in total. The Kier molecular flexibility index (Phi) is 5.39. The molecule has 0 aliphatic rings. The van der Waals surface area contributed by atoms with Crippen molar-refractivity contribution in [3.8, 4) is 0 Å². The highest BCUT2D eigenvalue weighted by atomic mass is 14.1. The largest absolute Gasteiger partial charge is 0.0955 e. The Morgan fingerprint density at radius 3 is 1.43 bits per heavy atom. The zero-order valence-electron chi connectivity index (χ0n) is 14.9. The molecule has 0 saturated heterocycles. The van der Waals surface area contributed by atoms with Crippen LogP contribution in [-0.4, -0.2) is 0 Å². The molecule has 0 spiro atoms. The third-order valence-corrected chi connectivity index (χ3v) is 4.01. The molecule has 2 aromatic carbocycles. The molecule has 0 atom stereocenters. The van der Waals surface area contributed by atoms with E-state index in [9.17, 15) is 0 Å². The fourth-order valence-corrected chi connectivity index (χ4v) is 2.64. The molecular weight excluding hydrogens is 276 g/mol. The molecule has 118 valence electrons. The predicted molar refractivity (Wildman–Crippen MR) is 103 cm³/mol. The number of aryl methyl sites for hydroxylation is 2. The summed E-state index contributed by atoms with van der Waals surface area (Å²) >= 11 is 0. The van der Waals surface area contributed by atoms with Gasteiger partial charge in [0.2, 0.25) is 0 Å². The number of benzene rings is 2. The Labute approximate surface area is 140 Å². The molecule has 23 heavy (non-hydrogen) atoms. The maximum atomic E-state index is 4.14. The van der Waals surface area contributed by atoms with E-state index in [-0.39, 0.29) is 0 Å². The van der Waals surface area contributed by atoms with E-state index in [1.165, 1.54) is 39.0 Å². The van der Waals surface area contributed by atoms with Crippen molar-refractivity contribution in [2.45, 2.75) is 34.6 Å². The Hall–Kier alpha value is -2.34. The van der Waals surface area contributed by atoms with Crippen LogP contribution < -0.4 is 0 Å². The summed E-state index contributed by atoms with van der Waals surface area (Å²) in [6, 6.07) is 17.5. The molecule has 0 saturated carbocycles. The maximum absolute atomic E-state index is 4.14. The lowest BCUT2D eigenvalue weighted by Gasteiger charge is -2.13. The van der Waals surface area contributed by atoms with E-state index in [2.05, 4.69) is 95.8 Å². The summed E-state index contributed by atoms with van der Waals surface area (Å²) in [7, 11) is 0. The van der Waals surface area contributed by atoms with Crippen LogP contribution in [0.25, 0.3) is 5.57 Å². The fraction of sp³-hybridized carbons (Fsp3) is 0.217. The Morgan fingerprint density at radius 1 is 0.739 bits per heavy atom. The van der Waals surface area contributed by atoms with Crippen LogP contribution in [0.5, 0.6) is 0 Å². The normalized spacial score (nSPS) is 10.1. The zero-order chi connectivity index (χ0) is 17.0. The Morgan fingerprint density at radius 2 is 1.13 bits per heavy atom. The van der Waals surface area contributed by atoms with Gasteiger partial charge in [0.25, 0.3) is 0 Å². The highest BCUT2D eigenvalue weighted by Gasteiger charge is 2.08. The van der Waals surface area contributed by atoms with Crippen LogP contribution in [0.2, 0.25) is 0 Å². The molecular formula is C23H26. The molecule has 0 nitrogen and oxygen atoms in total. The van der Waals surface area contributed by atoms with Gasteiger partial charge >= 0.3 is 0 Å². The minimum Gasteiger partial charge on any atom is -0.0955 e. The monoisotopic (exact) mass is 302 g/mol. The summed E-state index contributed by atoms with van der Waals surface area (Å²) in [5, 5.41) is 0. The highest BCUT2D eigenvalue weighted by Crippen LogP contribution is 2.28. The van der Waals surface area contributed by atoms with Crippen LogP contribution >= 0.6 is 0 Å². The fourth-order valence-electron chi connectivity index (χ4n) is 2.64. The van der Waals surface area contributed by atoms with Crippen molar-refractivity contribution in [1.29, 1.82) is 0 Å². The summed E-state index contributed by atoms with van der Waals surface area (Å²) in [4.78, 5) is 0. The minimum atomic E-state index is 1.10. The van der Waals surface area contributed by atoms with E-state index in [0.717, 1.165) is 5.57 Å². The average Bonchev–Trinajstić information content (AvgIpc) is 2.50. The number of rotatable bonds is 4. The first kappa shape index (κ1) is 17.0. The van der Waals surface area contributed by atoms with Crippen molar-refractivity contribution in [3.63, 3.8) is 0 Å². The minimum absolute atomic E-state index is 1.10. The molecule has 0 aliphatic heterocycles. The molecule has 0 aliphatic carbocycles. The van der Waals surface area contributed by atoms with Crippen molar-refractivity contribution in [2.24, 2.45) is 0 Å². The molecule has 0 amide bonds. The highest BCUT2D eigenvalue weighted by molar-refractivity contribution is 5.82. The molecule has 0 unspecified atom stereocenters. The van der Waals surface area contributed by atoms with Crippen LogP contribution in [0.4, 0.5) is 0 Å². The molecule has 0 heteroatoms. The Balaban J connectivity index is 2.64. The molecule has 0 aromatic heterocycles. The van der Waals surface area contributed by atoms with E-state index in [1.807, 2.05) is 0 Å². The van der Waals surface area contributed by atoms with Gasteiger partial charge in [0, 0.05) is 0 Å². The topological polar surface area (TPSA) is 0 Å². The molecule has 2 aromatic rings. The van der Waals surface area contributed by atoms with Gasteiger partial charge in [0.1, 0.15) is 0 Å². The van der Waals surface area contributed by atoms with E-state index in [0.29, 0.717) is 0 Å². The standard InChI is InChI=1S/C23H26/c1-16(2)22(17(3)4)15-23(20-11-7-18(5)8-12-20)21-13-9-19(6)10-14-21/h7-15H,1H2,2-6H3. The van der Waals surface area contributed by atoms with E-state index in [4.69, 9.17) is 0 Å². The first-order valence-corrected chi connectivity index (χ1v) is 8.07. The smallest absolute Gasteiger partial charge is 0.0105 e. The van der Waals surface area contributed by atoms with Gasteiger partial charge in [-0.05, 0) is 63.0 Å². The van der Waals surface area contributed by atoms with Crippen LogP contribution in [-0.2, 0) is 0 Å². The second kappa shape index (κ2) is 7.28. The van der Waals surface area contributed by atoms with E-state index in [1.54, 1.807) is 0 Å². The predicted octanol–water partition coefficient (Wildman–Crippen LogP) is 6.65. The first-order chi connectivity index (χ1) is 10.9. The van der Waals surface area contributed by atoms with Gasteiger partial charge in [0.15, 0.2) is 0 Å². The van der Waals surface area contributed by atoms with Gasteiger partial charge in [0.05, 0.1) is 0 Å². The zero-order valence-corrected chi connectivity index (χ0v) is 14.9. The lowest BCUT2D eigenvalue weighted by molar-refractivity contribution is 1.29. The van der Waals surface area contributed by atoms with Crippen molar-refractivity contribution in [2.75, 3.05) is 0 Å². The van der Waals surface area contributed by atoms with Gasteiger partial charge in [-0.2, -0.15) is 0 Å². The number of hydrogen-bond acceptors (Lipinski definition) is 0. The molecule has 2 rings (SSSR count). The van der Waals surface area contributed by atoms with Crippen LogP contribution in [0, 0.1) is 13.8 Å². The second-order valence-electron chi connectivity index (χ2n) is 6.48. The molecule has 0 fully saturated rings. The third kappa shape index (κ3) is 4.32. The summed E-state index contributed by atoms with van der Waals surface area (Å²) in [6.45, 7) is 14.7. The third-order valence-electron chi connectivity index (χ3n) is 4.01. The molecule has 0 radical (unpaired) electrons. The number of allylic oxidation sites excluding steroid dienone is 4. The van der Waals surface area contributed by atoms with Crippen LogP contribution in [0.3, 0.4) is 0 Å². The first-order valence-electron chi connectivity index (χ1n) is 8.07. The van der Waals surface area contributed by atoms with E-state index < -0.39 is 0 Å². The summed E-state index contributed by atoms with van der Waals surface area (Å²) in [5.74, 6) is 0. The van der Waals surface area contributed by atoms with Crippen molar-refractivity contribution >= 4 is 5.57 Å². The summed E-state index contributed by atoms with van der Waals surface area (Å²) < 4.78 is 0.